The number of hydrogen-bond donors (Lipinski definition) is 0. The molecule has 0 aromatic carbocycles. The van der Waals surface area contributed by atoms with Gasteiger partial charge >= 0.3 is 18.0 Å². The number of nitrogens with zero attached hydrogens (tertiary/aromatic N) is 2. The third-order valence-corrected chi connectivity index (χ3v) is 3.49. The van der Waals surface area contributed by atoms with Crippen LogP contribution in [-0.4, -0.2) is 78.9 Å². The maximum absolute atomic E-state index is 12.5. The van der Waals surface area contributed by atoms with Gasteiger partial charge in [0.2, 0.25) is 0 Å². The molecule has 0 aromatic rings. The molecule has 1 rings (SSSR count). The zero-order valence-corrected chi connectivity index (χ0v) is 15.3. The van der Waals surface area contributed by atoms with Crippen molar-refractivity contribution < 1.29 is 28.6 Å². The quantitative estimate of drug-likeness (QED) is 0.556. The van der Waals surface area contributed by atoms with E-state index in [0.717, 1.165) is 0 Å². The van der Waals surface area contributed by atoms with E-state index in [0.29, 0.717) is 6.54 Å². The summed E-state index contributed by atoms with van der Waals surface area (Å²) in [6.07, 6.45) is -0.650. The molecule has 8 nitrogen and oxygen atoms in total. The Morgan fingerprint density at radius 2 is 1.46 bits per heavy atom. The number of hydrogen-bond acceptors (Lipinski definition) is 7. The molecule has 0 spiro atoms. The summed E-state index contributed by atoms with van der Waals surface area (Å²) in [7, 11) is 1.71. The highest BCUT2D eigenvalue weighted by Crippen LogP contribution is 2.22. The summed E-state index contributed by atoms with van der Waals surface area (Å²) in [5.74, 6) is -1.21. The molecule has 1 amide bonds. The van der Waals surface area contributed by atoms with Gasteiger partial charge in [0.25, 0.3) is 0 Å². The van der Waals surface area contributed by atoms with Gasteiger partial charge < -0.3 is 14.2 Å². The molecule has 0 bridgehead atoms. The van der Waals surface area contributed by atoms with Crippen molar-refractivity contribution in [2.45, 2.75) is 52.3 Å². The molecule has 138 valence electrons. The summed E-state index contributed by atoms with van der Waals surface area (Å²) in [6, 6.07) is -2.03. The maximum atomic E-state index is 12.5. The second-order valence-corrected chi connectivity index (χ2v) is 6.55. The van der Waals surface area contributed by atoms with Gasteiger partial charge in [0, 0.05) is 13.1 Å². The molecule has 0 N–H and O–H groups in total. The second-order valence-electron chi connectivity index (χ2n) is 6.55. The van der Waals surface area contributed by atoms with Crippen LogP contribution in [0.25, 0.3) is 0 Å². The lowest BCUT2D eigenvalue weighted by Crippen LogP contribution is -2.66. The predicted molar refractivity (Wildman–Crippen MR) is 86.4 cm³/mol. The number of amides is 1. The van der Waals surface area contributed by atoms with Gasteiger partial charge in [0.05, 0.1) is 13.2 Å². The van der Waals surface area contributed by atoms with E-state index >= 15 is 0 Å². The first-order valence-corrected chi connectivity index (χ1v) is 8.15. The van der Waals surface area contributed by atoms with Gasteiger partial charge in [-0.3, -0.25) is 14.6 Å². The molecule has 8 heteroatoms. The number of carbonyl (C=O) groups excluding carboxylic acids is 3. The molecule has 24 heavy (non-hydrogen) atoms. The van der Waals surface area contributed by atoms with Gasteiger partial charge in [-0.2, -0.15) is 0 Å². The Bertz CT molecular complexity index is 474. The summed E-state index contributed by atoms with van der Waals surface area (Å²) in [6.45, 7) is 9.58. The van der Waals surface area contributed by atoms with Gasteiger partial charge in [-0.05, 0) is 41.7 Å². The highest BCUT2D eigenvalue weighted by Gasteiger charge is 2.48. The maximum Gasteiger partial charge on any atom is 0.411 e. The number of rotatable bonds is 4. The van der Waals surface area contributed by atoms with Gasteiger partial charge in [-0.25, -0.2) is 9.59 Å². The highest BCUT2D eigenvalue weighted by molar-refractivity contribution is 5.90. The van der Waals surface area contributed by atoms with Crippen molar-refractivity contribution in [1.29, 1.82) is 0 Å². The van der Waals surface area contributed by atoms with Crippen LogP contribution in [0.5, 0.6) is 0 Å². The van der Waals surface area contributed by atoms with Crippen molar-refractivity contribution in [3.8, 4) is 0 Å². The summed E-state index contributed by atoms with van der Waals surface area (Å²) < 4.78 is 15.5. The largest absolute Gasteiger partial charge is 0.465 e. The van der Waals surface area contributed by atoms with Crippen molar-refractivity contribution in [2.24, 2.45) is 0 Å². The van der Waals surface area contributed by atoms with Gasteiger partial charge in [-0.1, -0.05) is 0 Å². The molecule has 1 aliphatic heterocycles. The fourth-order valence-corrected chi connectivity index (χ4v) is 2.50. The Kier molecular flexibility index (Phi) is 7.01. The molecule has 1 saturated heterocycles. The van der Waals surface area contributed by atoms with Crippen LogP contribution in [-0.2, 0) is 23.8 Å². The number of esters is 2. The summed E-state index contributed by atoms with van der Waals surface area (Å²) in [5.41, 5.74) is -0.709. The first kappa shape index (κ1) is 20.2. The SMILES string of the molecule is CCOC(=O)[C@@H]1[C@@H](C(=O)OCC)N(C(=O)OC(C)(C)C)CCN1C. The minimum Gasteiger partial charge on any atom is -0.465 e. The van der Waals surface area contributed by atoms with E-state index < -0.39 is 35.7 Å². The van der Waals surface area contributed by atoms with E-state index in [1.165, 1.54) is 4.90 Å². The highest BCUT2D eigenvalue weighted by atomic mass is 16.6. The number of carbonyl (C=O) groups is 3. The van der Waals surface area contributed by atoms with E-state index in [1.54, 1.807) is 46.6 Å². The third kappa shape index (κ3) is 5.09. The summed E-state index contributed by atoms with van der Waals surface area (Å²) >= 11 is 0. The van der Waals surface area contributed by atoms with Crippen molar-refractivity contribution in [3.05, 3.63) is 0 Å². The number of ether oxygens (including phenoxy) is 3. The fraction of sp³-hybridized carbons (Fsp3) is 0.812. The fourth-order valence-electron chi connectivity index (χ4n) is 2.50. The molecule has 0 radical (unpaired) electrons. The van der Waals surface area contributed by atoms with Gasteiger partial charge in [-0.15, -0.1) is 0 Å². The molecule has 0 aliphatic carbocycles. The molecular formula is C16H28N2O6. The Hall–Kier alpha value is -1.83. The van der Waals surface area contributed by atoms with Crippen LogP contribution in [0.15, 0.2) is 0 Å². The van der Waals surface area contributed by atoms with Crippen LogP contribution in [0.4, 0.5) is 4.79 Å². The normalized spacial score (nSPS) is 22.0. The molecule has 0 unspecified atom stereocenters. The number of likely N-dealkylation sites (N-methyl/N-ethyl adjacent to an activating group) is 1. The standard InChI is InChI=1S/C16H28N2O6/c1-7-22-13(19)11-12(14(20)23-8-2)18(10-9-17(11)6)15(21)24-16(3,4)5/h11-12H,7-10H2,1-6H3/t11-,12-/m0/s1. The van der Waals surface area contributed by atoms with E-state index in [2.05, 4.69) is 0 Å². The second kappa shape index (κ2) is 8.32. The van der Waals surface area contributed by atoms with Crippen LogP contribution >= 0.6 is 0 Å². The lowest BCUT2D eigenvalue weighted by Gasteiger charge is -2.43. The zero-order chi connectivity index (χ0) is 18.5. The predicted octanol–water partition coefficient (Wildman–Crippen LogP) is 1.03. The molecule has 2 atom stereocenters. The van der Waals surface area contributed by atoms with Crippen LogP contribution < -0.4 is 0 Å². The Labute approximate surface area is 143 Å². The number of piperazine rings is 1. The molecule has 1 fully saturated rings. The topological polar surface area (TPSA) is 85.4 Å². The van der Waals surface area contributed by atoms with Crippen LogP contribution in [0.2, 0.25) is 0 Å². The molecule has 0 saturated carbocycles. The molecule has 1 aliphatic rings. The summed E-state index contributed by atoms with van der Waals surface area (Å²) in [4.78, 5) is 40.2. The van der Waals surface area contributed by atoms with Crippen LogP contribution in [0.1, 0.15) is 34.6 Å². The Morgan fingerprint density at radius 1 is 0.958 bits per heavy atom. The average molecular weight is 344 g/mol. The van der Waals surface area contributed by atoms with E-state index in [4.69, 9.17) is 14.2 Å². The molecular weight excluding hydrogens is 316 g/mol. The lowest BCUT2D eigenvalue weighted by atomic mass is 10.0. The smallest absolute Gasteiger partial charge is 0.411 e. The van der Waals surface area contributed by atoms with Crippen molar-refractivity contribution in [3.63, 3.8) is 0 Å². The van der Waals surface area contributed by atoms with Crippen LogP contribution in [0, 0.1) is 0 Å². The van der Waals surface area contributed by atoms with Crippen molar-refractivity contribution >= 4 is 18.0 Å². The Balaban J connectivity index is 3.14. The van der Waals surface area contributed by atoms with Gasteiger partial charge in [0.1, 0.15) is 11.6 Å². The van der Waals surface area contributed by atoms with Crippen molar-refractivity contribution in [1.82, 2.24) is 9.80 Å². The Morgan fingerprint density at radius 3 is 1.92 bits per heavy atom. The van der Waals surface area contributed by atoms with Crippen LogP contribution in [0.3, 0.4) is 0 Å². The van der Waals surface area contributed by atoms with E-state index in [9.17, 15) is 14.4 Å². The third-order valence-electron chi connectivity index (χ3n) is 3.49. The monoisotopic (exact) mass is 344 g/mol. The van der Waals surface area contributed by atoms with Crippen molar-refractivity contribution in [2.75, 3.05) is 33.4 Å². The molecule has 1 heterocycles. The molecule has 0 aromatic heterocycles. The first-order valence-electron chi connectivity index (χ1n) is 8.15. The summed E-state index contributed by atoms with van der Waals surface area (Å²) in [5, 5.41) is 0. The zero-order valence-electron chi connectivity index (χ0n) is 15.3. The minimum absolute atomic E-state index is 0.150. The van der Waals surface area contributed by atoms with E-state index in [-0.39, 0.29) is 19.8 Å². The van der Waals surface area contributed by atoms with Gasteiger partial charge in [0.15, 0.2) is 6.04 Å². The first-order chi connectivity index (χ1) is 11.1. The lowest BCUT2D eigenvalue weighted by molar-refractivity contribution is -0.166. The average Bonchev–Trinajstić information content (AvgIpc) is 2.45. The minimum atomic E-state index is -1.10. The van der Waals surface area contributed by atoms with E-state index in [1.807, 2.05) is 0 Å².